The molecule has 2 aromatic rings. The lowest BCUT2D eigenvalue weighted by Crippen LogP contribution is -2.40. The normalized spacial score (nSPS) is 18.7. The zero-order valence-corrected chi connectivity index (χ0v) is 13.0. The molecule has 110 valence electrons. The molecule has 21 heavy (non-hydrogen) atoms. The van der Waals surface area contributed by atoms with Crippen molar-refractivity contribution in [2.24, 2.45) is 0 Å². The lowest BCUT2D eigenvalue weighted by Gasteiger charge is -2.32. The second-order valence-electron chi connectivity index (χ2n) is 5.46. The van der Waals surface area contributed by atoms with Gasteiger partial charge in [0.15, 0.2) is 0 Å². The van der Waals surface area contributed by atoms with Crippen LogP contribution < -0.4 is 0 Å². The molecule has 1 aliphatic rings. The molecule has 0 unspecified atom stereocenters. The van der Waals surface area contributed by atoms with Crippen molar-refractivity contribution < 1.29 is 4.79 Å². The molecule has 0 bridgehead atoms. The molecule has 3 rings (SSSR count). The van der Waals surface area contributed by atoms with Gasteiger partial charge in [-0.1, -0.05) is 6.07 Å². The van der Waals surface area contributed by atoms with Crippen LogP contribution >= 0.6 is 11.3 Å². The molecule has 4 nitrogen and oxygen atoms in total. The maximum absolute atomic E-state index is 12.4. The van der Waals surface area contributed by atoms with Crippen LogP contribution in [0.3, 0.4) is 0 Å². The summed E-state index contributed by atoms with van der Waals surface area (Å²) in [5.74, 6) is 1.37. The number of carbonyl (C=O) groups is 1. The summed E-state index contributed by atoms with van der Waals surface area (Å²) in [6, 6.07) is 6.00. The highest BCUT2D eigenvalue weighted by Gasteiger charge is 2.25. The Morgan fingerprint density at radius 2 is 2.38 bits per heavy atom. The molecule has 0 saturated carbocycles. The van der Waals surface area contributed by atoms with E-state index < -0.39 is 0 Å². The van der Waals surface area contributed by atoms with Crippen molar-refractivity contribution in [2.45, 2.75) is 32.1 Å². The van der Waals surface area contributed by atoms with Crippen molar-refractivity contribution in [3.63, 3.8) is 0 Å². The zero-order valence-electron chi connectivity index (χ0n) is 12.2. The minimum absolute atomic E-state index is 0.230. The third-order valence-electron chi connectivity index (χ3n) is 3.90. The Morgan fingerprint density at radius 3 is 3.14 bits per heavy atom. The number of amides is 1. The van der Waals surface area contributed by atoms with Crippen LogP contribution in [0.2, 0.25) is 0 Å². The third kappa shape index (κ3) is 3.47. The van der Waals surface area contributed by atoms with Crippen molar-refractivity contribution >= 4 is 17.2 Å². The van der Waals surface area contributed by atoms with Gasteiger partial charge in [-0.3, -0.25) is 4.79 Å². The molecule has 1 fully saturated rings. The van der Waals surface area contributed by atoms with Gasteiger partial charge < -0.3 is 4.90 Å². The van der Waals surface area contributed by atoms with Crippen LogP contribution in [0.5, 0.6) is 0 Å². The molecule has 1 aliphatic heterocycles. The summed E-state index contributed by atoms with van der Waals surface area (Å²) in [7, 11) is 0. The van der Waals surface area contributed by atoms with Gasteiger partial charge in [-0.25, -0.2) is 9.97 Å². The summed E-state index contributed by atoms with van der Waals surface area (Å²) in [5.41, 5.74) is 1.07. The van der Waals surface area contributed by atoms with E-state index in [1.807, 2.05) is 41.6 Å². The molecule has 1 saturated heterocycles. The molecule has 3 heterocycles. The van der Waals surface area contributed by atoms with E-state index >= 15 is 0 Å². The molecular weight excluding hydrogens is 282 g/mol. The van der Waals surface area contributed by atoms with E-state index in [0.29, 0.717) is 12.3 Å². The Kier molecular flexibility index (Phi) is 4.29. The number of carbonyl (C=O) groups excluding carboxylic acids is 1. The number of piperidine rings is 1. The minimum Gasteiger partial charge on any atom is -0.342 e. The van der Waals surface area contributed by atoms with Crippen LogP contribution in [0, 0.1) is 6.92 Å². The van der Waals surface area contributed by atoms with Crippen molar-refractivity contribution in [3.8, 4) is 0 Å². The number of aryl methyl sites for hydroxylation is 1. The fourth-order valence-corrected chi connectivity index (χ4v) is 3.52. The zero-order chi connectivity index (χ0) is 14.7. The van der Waals surface area contributed by atoms with Gasteiger partial charge in [-0.2, -0.15) is 0 Å². The third-order valence-corrected chi connectivity index (χ3v) is 4.77. The number of aromatic nitrogens is 2. The van der Waals surface area contributed by atoms with Crippen molar-refractivity contribution in [1.82, 2.24) is 14.9 Å². The molecule has 5 heteroatoms. The van der Waals surface area contributed by atoms with Gasteiger partial charge in [0.05, 0.1) is 6.42 Å². The molecule has 0 aromatic carbocycles. The second-order valence-corrected chi connectivity index (χ2v) is 6.50. The van der Waals surface area contributed by atoms with E-state index in [2.05, 4.69) is 9.97 Å². The molecule has 1 amide bonds. The molecule has 0 radical (unpaired) electrons. The molecule has 0 spiro atoms. The van der Waals surface area contributed by atoms with Crippen LogP contribution in [0.25, 0.3) is 0 Å². The summed E-state index contributed by atoms with van der Waals surface area (Å²) in [5, 5.41) is 2.02. The fraction of sp³-hybridized carbons (Fsp3) is 0.438. The molecule has 0 N–H and O–H groups in total. The fourth-order valence-electron chi connectivity index (χ4n) is 2.82. The number of nitrogens with zero attached hydrogens (tertiary/aromatic N) is 3. The van der Waals surface area contributed by atoms with E-state index in [4.69, 9.17) is 0 Å². The van der Waals surface area contributed by atoms with Gasteiger partial charge in [0.1, 0.15) is 5.82 Å². The Morgan fingerprint density at radius 1 is 1.48 bits per heavy atom. The van der Waals surface area contributed by atoms with Crippen molar-refractivity contribution in [3.05, 3.63) is 46.2 Å². The smallest absolute Gasteiger partial charge is 0.227 e. The summed E-state index contributed by atoms with van der Waals surface area (Å²) >= 11 is 1.65. The lowest BCUT2D eigenvalue weighted by molar-refractivity contribution is -0.131. The number of thiophene rings is 1. The van der Waals surface area contributed by atoms with E-state index in [-0.39, 0.29) is 5.91 Å². The van der Waals surface area contributed by atoms with Crippen molar-refractivity contribution in [1.29, 1.82) is 0 Å². The first-order valence-corrected chi connectivity index (χ1v) is 8.20. The molecular formula is C16H19N3OS. The van der Waals surface area contributed by atoms with Gasteiger partial charge in [-0.05, 0) is 37.3 Å². The quantitative estimate of drug-likeness (QED) is 0.876. The Hall–Kier alpha value is -1.75. The van der Waals surface area contributed by atoms with Crippen LogP contribution in [-0.2, 0) is 11.2 Å². The molecule has 0 aliphatic carbocycles. The monoisotopic (exact) mass is 301 g/mol. The maximum atomic E-state index is 12.4. The number of rotatable bonds is 3. The average molecular weight is 301 g/mol. The summed E-state index contributed by atoms with van der Waals surface area (Å²) in [4.78, 5) is 24.2. The first kappa shape index (κ1) is 14.2. The lowest BCUT2D eigenvalue weighted by atomic mass is 9.94. The van der Waals surface area contributed by atoms with Gasteiger partial charge in [0, 0.05) is 35.8 Å². The summed E-state index contributed by atoms with van der Waals surface area (Å²) < 4.78 is 0. The summed E-state index contributed by atoms with van der Waals surface area (Å²) in [6.45, 7) is 3.55. The topological polar surface area (TPSA) is 46.1 Å². The molecule has 1 atom stereocenters. The average Bonchev–Trinajstić information content (AvgIpc) is 3.00. The SMILES string of the molecule is Cc1nccc([C@H]2CCCN(C(=O)Cc3cccs3)C2)n1. The van der Waals surface area contributed by atoms with Crippen molar-refractivity contribution in [2.75, 3.05) is 13.1 Å². The summed E-state index contributed by atoms with van der Waals surface area (Å²) in [6.07, 6.45) is 4.47. The van der Waals surface area contributed by atoms with E-state index in [9.17, 15) is 4.79 Å². The Balaban J connectivity index is 1.66. The van der Waals surface area contributed by atoms with Gasteiger partial charge >= 0.3 is 0 Å². The first-order chi connectivity index (χ1) is 10.2. The van der Waals surface area contributed by atoms with E-state index in [0.717, 1.165) is 42.3 Å². The maximum Gasteiger partial charge on any atom is 0.227 e. The predicted molar refractivity (Wildman–Crippen MR) is 83.3 cm³/mol. The first-order valence-electron chi connectivity index (χ1n) is 7.32. The van der Waals surface area contributed by atoms with Gasteiger partial charge in [-0.15, -0.1) is 11.3 Å². The standard InChI is InChI=1S/C16H19N3OS/c1-12-17-7-6-15(18-12)13-4-2-8-19(11-13)16(20)10-14-5-3-9-21-14/h3,5-7,9,13H,2,4,8,10-11H2,1H3/t13-/m0/s1. The highest BCUT2D eigenvalue weighted by molar-refractivity contribution is 7.10. The Bertz CT molecular complexity index is 612. The minimum atomic E-state index is 0.230. The van der Waals surface area contributed by atoms with Gasteiger partial charge in [0.25, 0.3) is 0 Å². The highest BCUT2D eigenvalue weighted by Crippen LogP contribution is 2.26. The van der Waals surface area contributed by atoms with Crippen LogP contribution in [0.1, 0.15) is 35.2 Å². The van der Waals surface area contributed by atoms with Crippen LogP contribution in [-0.4, -0.2) is 33.9 Å². The molecule has 2 aromatic heterocycles. The van der Waals surface area contributed by atoms with Crippen LogP contribution in [0.15, 0.2) is 29.8 Å². The predicted octanol–water partition coefficient (Wildman–Crippen LogP) is 2.80. The number of hydrogen-bond acceptors (Lipinski definition) is 4. The van der Waals surface area contributed by atoms with E-state index in [1.54, 1.807) is 11.3 Å². The number of likely N-dealkylation sites (tertiary alicyclic amines) is 1. The van der Waals surface area contributed by atoms with Gasteiger partial charge in [0.2, 0.25) is 5.91 Å². The Labute approximate surface area is 128 Å². The highest BCUT2D eigenvalue weighted by atomic mass is 32.1. The van der Waals surface area contributed by atoms with E-state index in [1.165, 1.54) is 0 Å². The largest absolute Gasteiger partial charge is 0.342 e. The second kappa shape index (κ2) is 6.35. The number of hydrogen-bond donors (Lipinski definition) is 0. The van der Waals surface area contributed by atoms with Crippen LogP contribution in [0.4, 0.5) is 0 Å².